The number of aryl methyl sites for hydroxylation is 1. The van der Waals surface area contributed by atoms with Gasteiger partial charge in [0.1, 0.15) is 0 Å². The van der Waals surface area contributed by atoms with E-state index in [-0.39, 0.29) is 11.3 Å². The highest BCUT2D eigenvalue weighted by atomic mass is 35.5. The number of carbonyl (C=O) groups is 2. The zero-order valence-corrected chi connectivity index (χ0v) is 19.0. The zero-order valence-electron chi connectivity index (χ0n) is 16.7. The number of fused-ring (bicyclic) bond motifs is 1. The number of carbonyl (C=O) groups excluding carboxylic acids is 2. The molecule has 1 heterocycles. The number of para-hydroxylation sites is 1. The summed E-state index contributed by atoms with van der Waals surface area (Å²) in [6.45, 7) is 2.48. The van der Waals surface area contributed by atoms with Crippen molar-refractivity contribution in [2.75, 3.05) is 12.3 Å². The molecule has 0 saturated carbocycles. The fourth-order valence-electron chi connectivity index (χ4n) is 2.91. The molecule has 31 heavy (non-hydrogen) atoms. The maximum atomic E-state index is 13.1. The third kappa shape index (κ3) is 6.00. The molecule has 0 bridgehead atoms. The Labute approximate surface area is 193 Å². The second kappa shape index (κ2) is 10.7. The van der Waals surface area contributed by atoms with Crippen molar-refractivity contribution in [2.45, 2.75) is 25.0 Å². The molecule has 0 radical (unpaired) electrons. The number of amides is 3. The molecule has 3 aromatic rings. The molecule has 0 aliphatic carbocycles. The van der Waals surface area contributed by atoms with Gasteiger partial charge in [-0.15, -0.1) is 0 Å². The van der Waals surface area contributed by atoms with Crippen LogP contribution in [-0.2, 0) is 17.8 Å². The molecule has 162 valence electrons. The van der Waals surface area contributed by atoms with Crippen LogP contribution < -0.4 is 16.2 Å². The van der Waals surface area contributed by atoms with E-state index in [9.17, 15) is 14.4 Å². The van der Waals surface area contributed by atoms with Crippen LogP contribution in [0.25, 0.3) is 10.9 Å². The van der Waals surface area contributed by atoms with E-state index in [1.807, 2.05) is 6.07 Å². The van der Waals surface area contributed by atoms with Gasteiger partial charge in [-0.1, -0.05) is 53.2 Å². The Morgan fingerprint density at radius 2 is 1.94 bits per heavy atom. The number of halogens is 2. The molecule has 0 fully saturated rings. The Bertz CT molecular complexity index is 1180. The number of hydrogen-bond donors (Lipinski definition) is 2. The minimum absolute atomic E-state index is 0.0659. The van der Waals surface area contributed by atoms with E-state index < -0.39 is 11.9 Å². The Balaban J connectivity index is 1.85. The first-order valence-corrected chi connectivity index (χ1v) is 11.3. The molecule has 0 saturated heterocycles. The van der Waals surface area contributed by atoms with Crippen LogP contribution in [0.15, 0.2) is 52.4 Å². The number of imide groups is 1. The molecule has 2 aromatic carbocycles. The Morgan fingerprint density at radius 3 is 2.68 bits per heavy atom. The van der Waals surface area contributed by atoms with E-state index in [1.54, 1.807) is 43.3 Å². The molecule has 2 N–H and O–H groups in total. The summed E-state index contributed by atoms with van der Waals surface area (Å²) in [6.07, 6.45) is 0.481. The van der Waals surface area contributed by atoms with Crippen LogP contribution in [0.3, 0.4) is 0 Å². The highest BCUT2D eigenvalue weighted by Gasteiger charge is 2.15. The van der Waals surface area contributed by atoms with Gasteiger partial charge in [0.15, 0.2) is 5.16 Å². The lowest BCUT2D eigenvalue weighted by Gasteiger charge is -2.14. The predicted molar refractivity (Wildman–Crippen MR) is 124 cm³/mol. The highest BCUT2D eigenvalue weighted by molar-refractivity contribution is 7.99. The number of urea groups is 1. The van der Waals surface area contributed by atoms with Crippen LogP contribution in [0.2, 0.25) is 10.0 Å². The average molecular weight is 479 g/mol. The van der Waals surface area contributed by atoms with Crippen LogP contribution in [0, 0.1) is 0 Å². The van der Waals surface area contributed by atoms with Gasteiger partial charge in [0.2, 0.25) is 5.91 Å². The monoisotopic (exact) mass is 478 g/mol. The van der Waals surface area contributed by atoms with E-state index in [2.05, 4.69) is 15.6 Å². The van der Waals surface area contributed by atoms with Gasteiger partial charge in [-0.05, 0) is 43.2 Å². The van der Waals surface area contributed by atoms with Crippen LogP contribution >= 0.6 is 35.0 Å². The van der Waals surface area contributed by atoms with Gasteiger partial charge < -0.3 is 5.32 Å². The maximum absolute atomic E-state index is 13.1. The van der Waals surface area contributed by atoms with Gasteiger partial charge in [-0.25, -0.2) is 9.78 Å². The maximum Gasteiger partial charge on any atom is 0.321 e. The van der Waals surface area contributed by atoms with Gasteiger partial charge >= 0.3 is 6.03 Å². The second-order valence-electron chi connectivity index (χ2n) is 6.55. The number of aromatic nitrogens is 2. The number of benzene rings is 2. The van der Waals surface area contributed by atoms with Crippen LogP contribution in [0.5, 0.6) is 0 Å². The van der Waals surface area contributed by atoms with E-state index in [0.717, 1.165) is 17.3 Å². The van der Waals surface area contributed by atoms with Gasteiger partial charge in [0.25, 0.3) is 5.56 Å². The first kappa shape index (κ1) is 23.1. The normalized spacial score (nSPS) is 10.8. The fourth-order valence-corrected chi connectivity index (χ4v) is 4.24. The van der Waals surface area contributed by atoms with Crippen molar-refractivity contribution >= 4 is 57.8 Å². The molecule has 3 rings (SSSR count). The summed E-state index contributed by atoms with van der Waals surface area (Å²) in [6, 6.07) is 11.7. The molecule has 0 unspecified atom stereocenters. The van der Waals surface area contributed by atoms with Crippen molar-refractivity contribution in [1.29, 1.82) is 0 Å². The van der Waals surface area contributed by atoms with E-state index in [4.69, 9.17) is 23.2 Å². The number of nitrogens with one attached hydrogen (secondary N) is 2. The van der Waals surface area contributed by atoms with Crippen LogP contribution in [0.4, 0.5) is 4.79 Å². The summed E-state index contributed by atoms with van der Waals surface area (Å²) in [5, 5.41) is 6.66. The minimum atomic E-state index is -0.561. The number of thioether (sulfide) groups is 1. The van der Waals surface area contributed by atoms with Crippen molar-refractivity contribution in [3.63, 3.8) is 0 Å². The molecule has 0 spiro atoms. The van der Waals surface area contributed by atoms with E-state index in [1.165, 1.54) is 4.57 Å². The summed E-state index contributed by atoms with van der Waals surface area (Å²) >= 11 is 13.3. The van der Waals surface area contributed by atoms with Crippen molar-refractivity contribution < 1.29 is 9.59 Å². The topological polar surface area (TPSA) is 93.1 Å². The Morgan fingerprint density at radius 1 is 1.16 bits per heavy atom. The van der Waals surface area contributed by atoms with E-state index >= 15 is 0 Å². The lowest BCUT2D eigenvalue weighted by atomic mass is 10.1. The second-order valence-corrected chi connectivity index (χ2v) is 8.34. The van der Waals surface area contributed by atoms with Gasteiger partial charge in [-0.3, -0.25) is 19.5 Å². The minimum Gasteiger partial charge on any atom is -0.338 e. The number of nitrogens with zero attached hydrogens (tertiary/aromatic N) is 2. The Hall–Kier alpha value is -2.55. The summed E-state index contributed by atoms with van der Waals surface area (Å²) in [4.78, 5) is 41.3. The molecule has 0 aliphatic heterocycles. The Kier molecular flexibility index (Phi) is 7.95. The third-order valence-electron chi connectivity index (χ3n) is 4.37. The van der Waals surface area contributed by atoms with Gasteiger partial charge in [-0.2, -0.15) is 0 Å². The standard InChI is InChI=1S/C21H20Cl2N4O3S/c1-2-24-20(30)26-18(28)12-31-21-25-17-6-4-3-5-15(17)19(29)27(21)10-9-13-7-8-14(22)11-16(13)23/h3-8,11H,2,9-10,12H2,1H3,(H2,24,26,28,30). The van der Waals surface area contributed by atoms with Crippen molar-refractivity contribution in [2.24, 2.45) is 0 Å². The number of rotatable bonds is 7. The van der Waals surface area contributed by atoms with Crippen molar-refractivity contribution in [3.8, 4) is 0 Å². The fraction of sp³-hybridized carbons (Fsp3) is 0.238. The zero-order chi connectivity index (χ0) is 22.4. The predicted octanol–water partition coefficient (Wildman–Crippen LogP) is 3.88. The lowest BCUT2D eigenvalue weighted by Crippen LogP contribution is -2.40. The van der Waals surface area contributed by atoms with Gasteiger partial charge in [0.05, 0.1) is 16.7 Å². The quantitative estimate of drug-likeness (QED) is 0.396. The van der Waals surface area contributed by atoms with Crippen LogP contribution in [-0.4, -0.2) is 33.8 Å². The molecule has 10 heteroatoms. The summed E-state index contributed by atoms with van der Waals surface area (Å²) in [5.41, 5.74) is 1.18. The molecule has 3 amide bonds. The van der Waals surface area contributed by atoms with Crippen LogP contribution in [0.1, 0.15) is 12.5 Å². The summed E-state index contributed by atoms with van der Waals surface area (Å²) in [7, 11) is 0. The molecule has 0 atom stereocenters. The lowest BCUT2D eigenvalue weighted by molar-refractivity contribution is -0.117. The molecular formula is C21H20Cl2N4O3S. The largest absolute Gasteiger partial charge is 0.338 e. The molecular weight excluding hydrogens is 459 g/mol. The third-order valence-corrected chi connectivity index (χ3v) is 5.93. The molecule has 0 aliphatic rings. The SMILES string of the molecule is CCNC(=O)NC(=O)CSc1nc2ccccc2c(=O)n1CCc1ccc(Cl)cc1Cl. The van der Waals surface area contributed by atoms with Gasteiger partial charge in [0, 0.05) is 23.1 Å². The molecule has 1 aromatic heterocycles. The first-order chi connectivity index (χ1) is 14.9. The summed E-state index contributed by atoms with van der Waals surface area (Å²) in [5.74, 6) is -0.547. The van der Waals surface area contributed by atoms with Crippen molar-refractivity contribution in [3.05, 3.63) is 68.4 Å². The average Bonchev–Trinajstić information content (AvgIpc) is 2.73. The first-order valence-electron chi connectivity index (χ1n) is 9.53. The molecule has 7 nitrogen and oxygen atoms in total. The smallest absolute Gasteiger partial charge is 0.321 e. The summed E-state index contributed by atoms with van der Waals surface area (Å²) < 4.78 is 1.53. The van der Waals surface area contributed by atoms with Crippen molar-refractivity contribution in [1.82, 2.24) is 20.2 Å². The number of hydrogen-bond acceptors (Lipinski definition) is 5. The van der Waals surface area contributed by atoms with E-state index in [0.29, 0.717) is 45.6 Å². The highest BCUT2D eigenvalue weighted by Crippen LogP contribution is 2.23.